The van der Waals surface area contributed by atoms with Crippen molar-refractivity contribution in [3.63, 3.8) is 0 Å². The number of hydrogen-bond donors (Lipinski definition) is 2. The molecule has 0 radical (unpaired) electrons. The maximum Gasteiger partial charge on any atom is 0.261 e. The largest absolute Gasteiger partial charge is 0.454 e. The highest BCUT2D eigenvalue weighted by Crippen LogP contribution is 2.38. The summed E-state index contributed by atoms with van der Waals surface area (Å²) in [6, 6.07) is 17.4. The predicted octanol–water partition coefficient (Wildman–Crippen LogP) is 6.62. The van der Waals surface area contributed by atoms with Crippen LogP contribution in [0.5, 0.6) is 11.5 Å². The van der Waals surface area contributed by atoms with Crippen molar-refractivity contribution >= 4 is 44.6 Å². The molecule has 5 rings (SSSR count). The molecule has 49 heavy (non-hydrogen) atoms. The Bertz CT molecular complexity index is 2170. The van der Waals surface area contributed by atoms with Crippen LogP contribution in [0, 0.1) is 18.6 Å². The van der Waals surface area contributed by atoms with Gasteiger partial charge in [0.2, 0.25) is 0 Å². The Morgan fingerprint density at radius 3 is 2.35 bits per heavy atom. The number of nitrogens with zero attached hydrogens (tertiary/aromatic N) is 4. The van der Waals surface area contributed by atoms with Gasteiger partial charge in [-0.25, -0.2) is 8.78 Å². The number of carbonyl (C=O) groups excluding carboxylic acids is 2. The quantitative estimate of drug-likeness (QED) is 0.0436. The molecule has 0 spiro atoms. The van der Waals surface area contributed by atoms with E-state index in [1.54, 1.807) is 60.2 Å². The van der Waals surface area contributed by atoms with Gasteiger partial charge in [-0.3, -0.25) is 23.8 Å². The second kappa shape index (κ2) is 15.4. The molecular formula is C35H33F2N5O6S. The molecular weight excluding hydrogens is 656 g/mol. The number of pyridine rings is 1. The van der Waals surface area contributed by atoms with E-state index in [4.69, 9.17) is 9.29 Å². The van der Waals surface area contributed by atoms with Crippen LogP contribution in [-0.4, -0.2) is 53.2 Å². The van der Waals surface area contributed by atoms with Crippen molar-refractivity contribution in [2.45, 2.75) is 13.8 Å². The smallest absolute Gasteiger partial charge is 0.261 e. The summed E-state index contributed by atoms with van der Waals surface area (Å²) in [5.74, 6) is -1.40. The molecule has 254 valence electrons. The van der Waals surface area contributed by atoms with E-state index in [0.717, 1.165) is 39.5 Å². The molecule has 0 fully saturated rings. The Kier molecular flexibility index (Phi) is 11.4. The molecule has 0 aliphatic rings. The lowest BCUT2D eigenvalue weighted by molar-refractivity contribution is -0.115. The Labute approximate surface area is 281 Å². The first-order valence-electron chi connectivity index (χ1n) is 14.6. The first-order valence-corrected chi connectivity index (χ1v) is 16.4. The van der Waals surface area contributed by atoms with Gasteiger partial charge in [0.15, 0.2) is 17.9 Å². The molecule has 0 aliphatic carbocycles. The fourth-order valence-electron chi connectivity index (χ4n) is 4.54. The number of rotatable bonds is 9. The van der Waals surface area contributed by atoms with Crippen molar-refractivity contribution in [1.82, 2.24) is 14.8 Å². The molecule has 0 bridgehead atoms. The Morgan fingerprint density at radius 1 is 1.02 bits per heavy atom. The molecule has 0 aliphatic heterocycles. The maximum atomic E-state index is 15.3. The van der Waals surface area contributed by atoms with E-state index in [2.05, 4.69) is 15.4 Å². The van der Waals surface area contributed by atoms with E-state index >= 15 is 4.39 Å². The van der Waals surface area contributed by atoms with E-state index in [1.165, 1.54) is 30.3 Å². The number of ether oxygens (including phenoxy) is 1. The number of aryl methyl sites for hydroxylation is 2. The van der Waals surface area contributed by atoms with Gasteiger partial charge in [-0.15, -0.1) is 0 Å². The molecule has 14 heteroatoms. The monoisotopic (exact) mass is 689 g/mol. The van der Waals surface area contributed by atoms with Crippen LogP contribution in [0.1, 0.15) is 12.6 Å². The number of halogens is 2. The third-order valence-electron chi connectivity index (χ3n) is 7.10. The summed E-state index contributed by atoms with van der Waals surface area (Å²) in [4.78, 5) is 30.6. The number of aromatic nitrogens is 3. The number of aldehydes is 1. The predicted molar refractivity (Wildman–Crippen MR) is 184 cm³/mol. The highest BCUT2D eigenvalue weighted by molar-refractivity contribution is 7.85. The zero-order valence-corrected chi connectivity index (χ0v) is 28.0. The van der Waals surface area contributed by atoms with Crippen LogP contribution in [-0.2, 0) is 26.8 Å². The molecule has 2 aromatic heterocycles. The van der Waals surface area contributed by atoms with Crippen LogP contribution >= 0.6 is 0 Å². The van der Waals surface area contributed by atoms with Crippen LogP contribution in [0.15, 0.2) is 103 Å². The van der Waals surface area contributed by atoms with Crippen molar-refractivity contribution in [3.8, 4) is 22.6 Å². The Hall–Kier alpha value is -5.73. The van der Waals surface area contributed by atoms with Crippen LogP contribution < -0.4 is 15.0 Å². The minimum atomic E-state index is -3.67. The summed E-state index contributed by atoms with van der Waals surface area (Å²) in [7, 11) is -0.0535. The van der Waals surface area contributed by atoms with Gasteiger partial charge < -0.3 is 15.0 Å². The van der Waals surface area contributed by atoms with E-state index in [9.17, 15) is 22.4 Å². The molecule has 0 saturated heterocycles. The summed E-state index contributed by atoms with van der Waals surface area (Å²) in [5.41, 5.74) is 4.68. The topological polar surface area (TPSA) is 144 Å². The molecule has 11 nitrogen and oxygen atoms in total. The molecule has 5 aromatic rings. The normalized spacial score (nSPS) is 11.8. The van der Waals surface area contributed by atoms with Gasteiger partial charge in [-0.2, -0.15) is 13.5 Å². The standard InChI is InChI=1S/C34H29F2N5O3.CH4O3S/c1-21-15-23(13-14-37-21)29-18-31-25(19-38-41(31)4)16-33(29)44-32-12-9-27(17-30(32)36)39-34(43)24(20-42)6-5-22(2)40(3)28-10-7-26(35)8-11-28;1-5(2,3)4/h5-20H,1-4H3,(H,39,43);1H3,(H,2,3,4)/b22-5-,24-6+;. The lowest BCUT2D eigenvalue weighted by Crippen LogP contribution is -2.16. The van der Waals surface area contributed by atoms with Gasteiger partial charge in [-0.05, 0) is 92.2 Å². The highest BCUT2D eigenvalue weighted by atomic mass is 32.2. The number of benzene rings is 3. The lowest BCUT2D eigenvalue weighted by atomic mass is 10.0. The lowest BCUT2D eigenvalue weighted by Gasteiger charge is -2.19. The SMILES string of the molecule is C/C(=C/C=C(\C=O)C(=O)Nc1ccc(Oc2cc3cnn(C)c3cc2-c2ccnc(C)c2)c(F)c1)N(C)c1ccc(F)cc1.CS(=O)(=O)O. The molecule has 1 amide bonds. The number of fused-ring (bicyclic) bond motifs is 1. The number of hydrogen-bond acceptors (Lipinski definition) is 8. The third kappa shape index (κ3) is 9.89. The molecule has 0 atom stereocenters. The highest BCUT2D eigenvalue weighted by Gasteiger charge is 2.16. The zero-order valence-electron chi connectivity index (χ0n) is 27.2. The average Bonchev–Trinajstić information content (AvgIpc) is 3.40. The second-order valence-corrected chi connectivity index (χ2v) is 12.3. The first kappa shape index (κ1) is 36.1. The average molecular weight is 690 g/mol. The van der Waals surface area contributed by atoms with Gasteiger partial charge in [0.05, 0.1) is 23.5 Å². The number of nitrogens with one attached hydrogen (secondary N) is 1. The van der Waals surface area contributed by atoms with Crippen LogP contribution in [0.4, 0.5) is 20.2 Å². The number of carbonyl (C=O) groups is 2. The van der Waals surface area contributed by atoms with Gasteiger partial charge in [-0.1, -0.05) is 0 Å². The Balaban J connectivity index is 0.00000101. The minimum absolute atomic E-state index is 0.0493. The molecule has 0 unspecified atom stereocenters. The van der Waals surface area contributed by atoms with Crippen molar-refractivity contribution in [2.75, 3.05) is 23.5 Å². The van der Waals surface area contributed by atoms with Crippen molar-refractivity contribution in [3.05, 3.63) is 120 Å². The molecule has 2 heterocycles. The van der Waals surface area contributed by atoms with Gasteiger partial charge >= 0.3 is 0 Å². The van der Waals surface area contributed by atoms with E-state index in [0.29, 0.717) is 24.0 Å². The van der Waals surface area contributed by atoms with E-state index in [1.807, 2.05) is 32.2 Å². The second-order valence-electron chi connectivity index (χ2n) is 10.9. The summed E-state index contributed by atoms with van der Waals surface area (Å²) in [6.07, 6.45) is 7.49. The summed E-state index contributed by atoms with van der Waals surface area (Å²) >= 11 is 0. The number of allylic oxidation sites excluding steroid dienone is 3. The summed E-state index contributed by atoms with van der Waals surface area (Å²) < 4.78 is 62.2. The zero-order chi connectivity index (χ0) is 35.9. The minimum Gasteiger partial charge on any atom is -0.454 e. The fraction of sp³-hybridized carbons (Fsp3) is 0.143. The molecule has 3 aromatic carbocycles. The van der Waals surface area contributed by atoms with Gasteiger partial charge in [0, 0.05) is 60.1 Å². The molecule has 0 saturated carbocycles. The Morgan fingerprint density at radius 2 is 1.71 bits per heavy atom. The fourth-order valence-corrected chi connectivity index (χ4v) is 4.54. The third-order valence-corrected chi connectivity index (χ3v) is 7.10. The number of anilines is 2. The maximum absolute atomic E-state index is 15.3. The van der Waals surface area contributed by atoms with Gasteiger partial charge in [0.25, 0.3) is 16.0 Å². The van der Waals surface area contributed by atoms with Crippen LogP contribution in [0.25, 0.3) is 22.0 Å². The van der Waals surface area contributed by atoms with Crippen molar-refractivity contribution in [1.29, 1.82) is 0 Å². The number of amides is 1. The van der Waals surface area contributed by atoms with Gasteiger partial charge in [0.1, 0.15) is 11.6 Å². The first-order chi connectivity index (χ1) is 23.1. The van der Waals surface area contributed by atoms with E-state index in [-0.39, 0.29) is 22.8 Å². The van der Waals surface area contributed by atoms with Crippen molar-refractivity contribution < 1.29 is 36.1 Å². The van der Waals surface area contributed by atoms with Crippen molar-refractivity contribution in [2.24, 2.45) is 7.05 Å². The van der Waals surface area contributed by atoms with E-state index < -0.39 is 21.8 Å². The molecule has 2 N–H and O–H groups in total. The van der Waals surface area contributed by atoms with Crippen LogP contribution in [0.3, 0.4) is 0 Å². The summed E-state index contributed by atoms with van der Waals surface area (Å²) in [5, 5.41) is 7.68. The van der Waals surface area contributed by atoms with Crippen LogP contribution in [0.2, 0.25) is 0 Å². The summed E-state index contributed by atoms with van der Waals surface area (Å²) in [6.45, 7) is 3.66.